The summed E-state index contributed by atoms with van der Waals surface area (Å²) in [5.74, 6) is 0. The summed E-state index contributed by atoms with van der Waals surface area (Å²) in [6.45, 7) is 0. The summed E-state index contributed by atoms with van der Waals surface area (Å²) in [5.41, 5.74) is 0.628. The van der Waals surface area contributed by atoms with Crippen LogP contribution in [0.2, 0.25) is 0 Å². The van der Waals surface area contributed by atoms with Gasteiger partial charge in [0.25, 0.3) is 0 Å². The van der Waals surface area contributed by atoms with Gasteiger partial charge in [-0.25, -0.2) is 9.59 Å². The van der Waals surface area contributed by atoms with Crippen molar-refractivity contribution in [3.8, 4) is 0 Å². The van der Waals surface area contributed by atoms with Crippen LogP contribution in [0.4, 0.5) is 9.59 Å². The van der Waals surface area contributed by atoms with E-state index in [0.717, 1.165) is 25.7 Å². The van der Waals surface area contributed by atoms with E-state index in [4.69, 9.17) is 0 Å². The van der Waals surface area contributed by atoms with Crippen molar-refractivity contribution in [2.75, 3.05) is 0 Å². The Balaban J connectivity index is 1.77. The highest BCUT2D eigenvalue weighted by Crippen LogP contribution is 2.16. The Morgan fingerprint density at radius 3 is 2.17 bits per heavy atom. The van der Waals surface area contributed by atoms with Gasteiger partial charge in [0, 0.05) is 11.7 Å². The fourth-order valence-electron chi connectivity index (χ4n) is 2.91. The minimum Gasteiger partial charge on any atom is -0.335 e. The number of amides is 4. The van der Waals surface area contributed by atoms with Crippen LogP contribution in [0.3, 0.4) is 0 Å². The monoisotopic (exact) mass is 329 g/mol. The zero-order chi connectivity index (χ0) is 17.0. The van der Waals surface area contributed by atoms with Gasteiger partial charge < -0.3 is 10.6 Å². The number of hydrogen-bond donors (Lipinski definition) is 3. The van der Waals surface area contributed by atoms with E-state index in [-0.39, 0.29) is 6.04 Å². The van der Waals surface area contributed by atoms with Crippen LogP contribution < -0.4 is 16.0 Å². The van der Waals surface area contributed by atoms with E-state index >= 15 is 0 Å². The summed E-state index contributed by atoms with van der Waals surface area (Å²) in [7, 11) is 0. The maximum atomic E-state index is 12.0. The maximum absolute atomic E-state index is 12.0. The number of nitrogens with one attached hydrogen (secondary N) is 3. The van der Waals surface area contributed by atoms with Crippen molar-refractivity contribution in [2.24, 2.45) is 0 Å². The lowest BCUT2D eigenvalue weighted by Gasteiger charge is -2.18. The Labute approximate surface area is 144 Å². The van der Waals surface area contributed by atoms with Crippen LogP contribution in [-0.2, 0) is 0 Å². The third-order valence-corrected chi connectivity index (χ3v) is 4.17. The summed E-state index contributed by atoms with van der Waals surface area (Å²) in [6, 6.07) is -0.795. The van der Waals surface area contributed by atoms with Crippen molar-refractivity contribution >= 4 is 12.1 Å². The molecule has 0 aromatic rings. The predicted molar refractivity (Wildman–Crippen MR) is 96.4 cm³/mol. The van der Waals surface area contributed by atoms with Gasteiger partial charge in [0.15, 0.2) is 0 Å². The van der Waals surface area contributed by atoms with Crippen molar-refractivity contribution < 1.29 is 9.59 Å². The number of urea groups is 2. The van der Waals surface area contributed by atoms with Gasteiger partial charge >= 0.3 is 12.1 Å². The second-order valence-corrected chi connectivity index (χ2v) is 6.20. The smallest absolute Gasteiger partial charge is 0.327 e. The van der Waals surface area contributed by atoms with Gasteiger partial charge in [-0.1, -0.05) is 68.9 Å². The fraction of sp³-hybridized carbons (Fsp3) is 0.474. The largest absolute Gasteiger partial charge is 0.335 e. The molecule has 3 N–H and O–H groups in total. The molecule has 0 aromatic heterocycles. The molecule has 2 aliphatic carbocycles. The van der Waals surface area contributed by atoms with Gasteiger partial charge in [0.1, 0.15) is 0 Å². The van der Waals surface area contributed by atoms with E-state index in [1.165, 1.54) is 25.7 Å². The Hall–Kier alpha value is -2.30. The lowest BCUT2D eigenvalue weighted by molar-refractivity contribution is 0.225. The number of allylic oxidation sites excluding steroid dienone is 7. The van der Waals surface area contributed by atoms with Gasteiger partial charge in [-0.15, -0.1) is 0 Å². The molecule has 0 spiro atoms. The molecule has 0 atom stereocenters. The first-order valence-corrected chi connectivity index (χ1v) is 8.84. The van der Waals surface area contributed by atoms with E-state index in [2.05, 4.69) is 16.0 Å². The van der Waals surface area contributed by atoms with Crippen molar-refractivity contribution in [2.45, 2.75) is 57.4 Å². The normalized spacial score (nSPS) is 19.1. The second-order valence-electron chi connectivity index (χ2n) is 6.20. The van der Waals surface area contributed by atoms with E-state index in [9.17, 15) is 9.59 Å². The van der Waals surface area contributed by atoms with Crippen LogP contribution in [-0.4, -0.2) is 18.1 Å². The molecule has 0 aromatic carbocycles. The van der Waals surface area contributed by atoms with E-state index in [1.807, 2.05) is 30.4 Å². The Morgan fingerprint density at radius 1 is 0.792 bits per heavy atom. The lowest BCUT2D eigenvalue weighted by Crippen LogP contribution is -2.47. The molecular weight excluding hydrogens is 302 g/mol. The zero-order valence-corrected chi connectivity index (χ0v) is 14.1. The first-order chi connectivity index (χ1) is 11.7. The number of imide groups is 1. The van der Waals surface area contributed by atoms with Crippen molar-refractivity contribution in [1.82, 2.24) is 16.0 Å². The molecule has 0 unspecified atom stereocenters. The van der Waals surface area contributed by atoms with Crippen molar-refractivity contribution in [3.63, 3.8) is 0 Å². The Bertz CT molecular complexity index is 537. The topological polar surface area (TPSA) is 70.2 Å². The van der Waals surface area contributed by atoms with E-state index in [0.29, 0.717) is 5.70 Å². The van der Waals surface area contributed by atoms with E-state index < -0.39 is 12.1 Å². The van der Waals surface area contributed by atoms with Crippen molar-refractivity contribution in [1.29, 1.82) is 0 Å². The van der Waals surface area contributed by atoms with Gasteiger partial charge in [0.05, 0.1) is 0 Å². The van der Waals surface area contributed by atoms with Crippen LogP contribution >= 0.6 is 0 Å². The molecular formula is C19H27N3O2. The summed E-state index contributed by atoms with van der Waals surface area (Å²) < 4.78 is 0. The van der Waals surface area contributed by atoms with E-state index in [1.54, 1.807) is 12.2 Å². The third kappa shape index (κ3) is 7.31. The predicted octanol–water partition coefficient (Wildman–Crippen LogP) is 4.06. The van der Waals surface area contributed by atoms with Gasteiger partial charge in [-0.2, -0.15) is 0 Å². The third-order valence-electron chi connectivity index (χ3n) is 4.17. The maximum Gasteiger partial charge on any atom is 0.327 e. The molecule has 2 rings (SSSR count). The van der Waals surface area contributed by atoms with Crippen LogP contribution in [0, 0.1) is 0 Å². The van der Waals surface area contributed by atoms with Gasteiger partial charge in [-0.3, -0.25) is 5.32 Å². The summed E-state index contributed by atoms with van der Waals surface area (Å²) >= 11 is 0. The minimum atomic E-state index is -0.524. The molecule has 0 heterocycles. The first kappa shape index (κ1) is 18.0. The molecule has 0 radical (unpaired) electrons. The average molecular weight is 329 g/mol. The summed E-state index contributed by atoms with van der Waals surface area (Å²) in [6.07, 6.45) is 22.1. The molecule has 24 heavy (non-hydrogen) atoms. The molecule has 5 nitrogen and oxygen atoms in total. The molecule has 130 valence electrons. The van der Waals surface area contributed by atoms with Gasteiger partial charge in [0.2, 0.25) is 0 Å². The average Bonchev–Trinajstić information content (AvgIpc) is 2.63. The number of rotatable bonds is 2. The zero-order valence-electron chi connectivity index (χ0n) is 14.1. The number of carbonyl (C=O) groups excluding carboxylic acids is 2. The Morgan fingerprint density at radius 2 is 1.42 bits per heavy atom. The lowest BCUT2D eigenvalue weighted by atomic mass is 10.1. The molecule has 4 amide bonds. The highest BCUT2D eigenvalue weighted by Gasteiger charge is 2.15. The van der Waals surface area contributed by atoms with Crippen LogP contribution in [0.15, 0.2) is 48.2 Å². The van der Waals surface area contributed by atoms with Crippen LogP contribution in [0.5, 0.6) is 0 Å². The van der Waals surface area contributed by atoms with Crippen LogP contribution in [0.25, 0.3) is 0 Å². The molecule has 0 bridgehead atoms. The van der Waals surface area contributed by atoms with Crippen LogP contribution in [0.1, 0.15) is 51.4 Å². The minimum absolute atomic E-state index is 0.157. The highest BCUT2D eigenvalue weighted by atomic mass is 16.2. The number of hydrogen-bond acceptors (Lipinski definition) is 2. The van der Waals surface area contributed by atoms with Gasteiger partial charge in [-0.05, 0) is 25.0 Å². The SMILES string of the molecule is O=C(NC(=O)NC1CCCCCCCC1)NC1=CC=CC=CC=C1. The summed E-state index contributed by atoms with van der Waals surface area (Å²) in [5, 5.41) is 7.94. The first-order valence-electron chi connectivity index (χ1n) is 8.84. The highest BCUT2D eigenvalue weighted by molar-refractivity contribution is 5.94. The molecule has 5 heteroatoms. The molecule has 0 saturated heterocycles. The molecule has 0 aliphatic heterocycles. The molecule has 2 aliphatic rings. The summed E-state index contributed by atoms with van der Waals surface area (Å²) in [4.78, 5) is 24.0. The number of carbonyl (C=O) groups is 2. The Kier molecular flexibility index (Phi) is 7.87. The molecule has 1 fully saturated rings. The molecule has 1 saturated carbocycles. The quantitative estimate of drug-likeness (QED) is 0.715. The van der Waals surface area contributed by atoms with Crippen molar-refractivity contribution in [3.05, 3.63) is 48.2 Å². The fourth-order valence-corrected chi connectivity index (χ4v) is 2.91. The second kappa shape index (κ2) is 10.5. The standard InChI is InChI=1S/C19H27N3O2/c23-18(20-16-12-8-4-1-2-5-9-13-16)22-19(24)21-17-14-10-6-3-7-11-15-17/h3,6-7,10-11,14-16H,1-2,4-5,8-9,12-13H2,(H3,20,21,22,23,24).